The molecule has 1 aliphatic carbocycles. The fourth-order valence-corrected chi connectivity index (χ4v) is 2.95. The van der Waals surface area contributed by atoms with Crippen molar-refractivity contribution in [2.75, 3.05) is 13.0 Å². The van der Waals surface area contributed by atoms with Gasteiger partial charge in [0.25, 0.3) is 0 Å². The number of imidazole rings is 1. The van der Waals surface area contributed by atoms with E-state index in [1.54, 1.807) is 7.11 Å². The van der Waals surface area contributed by atoms with Gasteiger partial charge in [0.15, 0.2) is 5.65 Å². The number of ether oxygens (including phenoxy) is 1. The molecule has 108 valence electrons. The molecule has 0 bridgehead atoms. The van der Waals surface area contributed by atoms with E-state index < -0.39 is 0 Å². The number of alkyl halides is 1. The van der Waals surface area contributed by atoms with E-state index in [2.05, 4.69) is 21.5 Å². The lowest BCUT2D eigenvalue weighted by Gasteiger charge is -2.16. The first-order valence-electron chi connectivity index (χ1n) is 7.20. The molecule has 2 aromatic rings. The van der Waals surface area contributed by atoms with Crippen molar-refractivity contribution in [3.05, 3.63) is 18.0 Å². The second-order valence-electron chi connectivity index (χ2n) is 5.56. The van der Waals surface area contributed by atoms with Gasteiger partial charge in [0.1, 0.15) is 11.3 Å². The summed E-state index contributed by atoms with van der Waals surface area (Å²) < 4.78 is 7.49. The Labute approximate surface area is 124 Å². The third-order valence-electron chi connectivity index (χ3n) is 3.92. The molecule has 0 radical (unpaired) electrons. The second kappa shape index (κ2) is 5.60. The Kier molecular flexibility index (Phi) is 3.83. The van der Waals surface area contributed by atoms with Gasteiger partial charge in [0.05, 0.1) is 7.11 Å². The predicted octanol–water partition coefficient (Wildman–Crippen LogP) is 3.58. The zero-order valence-electron chi connectivity index (χ0n) is 12.0. The molecule has 0 saturated heterocycles. The lowest BCUT2D eigenvalue weighted by Crippen LogP contribution is -2.11. The topological polar surface area (TPSA) is 39.9 Å². The van der Waals surface area contributed by atoms with E-state index in [9.17, 15) is 0 Å². The van der Waals surface area contributed by atoms with Gasteiger partial charge in [-0.3, -0.25) is 0 Å². The molecule has 0 aromatic carbocycles. The van der Waals surface area contributed by atoms with Crippen molar-refractivity contribution in [1.29, 1.82) is 0 Å². The third kappa shape index (κ3) is 2.62. The first-order chi connectivity index (χ1) is 9.72. The zero-order valence-corrected chi connectivity index (χ0v) is 12.7. The van der Waals surface area contributed by atoms with E-state index in [1.165, 1.54) is 19.3 Å². The molecule has 0 spiro atoms. The van der Waals surface area contributed by atoms with Crippen LogP contribution in [0.5, 0.6) is 5.88 Å². The van der Waals surface area contributed by atoms with Crippen LogP contribution in [-0.4, -0.2) is 27.5 Å². The van der Waals surface area contributed by atoms with Gasteiger partial charge < -0.3 is 9.30 Å². The second-order valence-corrected chi connectivity index (χ2v) is 5.94. The van der Waals surface area contributed by atoms with Gasteiger partial charge in [-0.25, -0.2) is 4.98 Å². The summed E-state index contributed by atoms with van der Waals surface area (Å²) in [6.45, 7) is 2.25. The van der Waals surface area contributed by atoms with E-state index in [1.807, 2.05) is 12.1 Å². The van der Waals surface area contributed by atoms with E-state index >= 15 is 0 Å². The minimum absolute atomic E-state index is 0.408. The summed E-state index contributed by atoms with van der Waals surface area (Å²) in [4.78, 5) is 9.27. The van der Waals surface area contributed by atoms with Crippen molar-refractivity contribution >= 4 is 22.8 Å². The molecule has 0 aliphatic heterocycles. The molecule has 1 atom stereocenters. The van der Waals surface area contributed by atoms with Crippen LogP contribution >= 0.6 is 11.6 Å². The van der Waals surface area contributed by atoms with Gasteiger partial charge >= 0.3 is 0 Å². The van der Waals surface area contributed by atoms with Crippen molar-refractivity contribution in [2.45, 2.75) is 38.6 Å². The Morgan fingerprint density at radius 1 is 1.40 bits per heavy atom. The number of nitrogens with zero attached hydrogens (tertiary/aromatic N) is 3. The molecule has 2 heterocycles. The Morgan fingerprint density at radius 2 is 2.20 bits per heavy atom. The Hall–Kier alpha value is -1.29. The Balaban J connectivity index is 2.05. The number of pyridine rings is 1. The number of aryl methyl sites for hydroxylation is 1. The lowest BCUT2D eigenvalue weighted by atomic mass is 10.1. The molecule has 1 saturated carbocycles. The predicted molar refractivity (Wildman–Crippen MR) is 80.6 cm³/mol. The van der Waals surface area contributed by atoms with Gasteiger partial charge in [-0.1, -0.05) is 12.8 Å². The summed E-state index contributed by atoms with van der Waals surface area (Å²) in [5.41, 5.74) is 1.84. The van der Waals surface area contributed by atoms with Crippen LogP contribution in [0.25, 0.3) is 11.2 Å². The summed E-state index contributed by atoms with van der Waals surface area (Å²) in [5.74, 6) is 3.12. The first kappa shape index (κ1) is 13.7. The van der Waals surface area contributed by atoms with Crippen molar-refractivity contribution in [2.24, 2.45) is 5.92 Å². The number of hydrogen-bond acceptors (Lipinski definition) is 3. The molecule has 1 aliphatic rings. The maximum atomic E-state index is 5.92. The standard InChI is InChI=1S/C15H20ClN3O/c1-10(9-11-3-4-11)19-13(7-8-16)17-12-5-6-14(20-2)18-15(12)19/h5-6,10-11H,3-4,7-9H2,1-2H3. The monoisotopic (exact) mass is 293 g/mol. The van der Waals surface area contributed by atoms with Gasteiger partial charge in [-0.2, -0.15) is 4.98 Å². The normalized spacial score (nSPS) is 16.6. The Morgan fingerprint density at radius 3 is 2.85 bits per heavy atom. The van der Waals surface area contributed by atoms with Gasteiger partial charge in [-0.15, -0.1) is 11.6 Å². The van der Waals surface area contributed by atoms with Crippen LogP contribution in [0, 0.1) is 5.92 Å². The SMILES string of the molecule is COc1ccc2nc(CCCl)n(C(C)CC3CC3)c2n1. The van der Waals surface area contributed by atoms with Crippen LogP contribution in [0.4, 0.5) is 0 Å². The fourth-order valence-electron chi connectivity index (χ4n) is 2.78. The molecule has 20 heavy (non-hydrogen) atoms. The molecule has 1 unspecified atom stereocenters. The minimum Gasteiger partial charge on any atom is -0.481 e. The molecule has 3 rings (SSSR count). The lowest BCUT2D eigenvalue weighted by molar-refractivity contribution is 0.397. The third-order valence-corrected chi connectivity index (χ3v) is 4.11. The molecule has 4 nitrogen and oxygen atoms in total. The van der Waals surface area contributed by atoms with Crippen LogP contribution in [0.1, 0.15) is 38.1 Å². The highest BCUT2D eigenvalue weighted by molar-refractivity contribution is 6.17. The molecular weight excluding hydrogens is 274 g/mol. The van der Waals surface area contributed by atoms with E-state index in [-0.39, 0.29) is 0 Å². The molecule has 5 heteroatoms. The van der Waals surface area contributed by atoms with Crippen LogP contribution in [0.15, 0.2) is 12.1 Å². The quantitative estimate of drug-likeness (QED) is 0.764. The minimum atomic E-state index is 0.408. The number of methoxy groups -OCH3 is 1. The van der Waals surface area contributed by atoms with Crippen LogP contribution in [0.3, 0.4) is 0 Å². The number of fused-ring (bicyclic) bond motifs is 1. The van der Waals surface area contributed by atoms with Crippen LogP contribution in [0.2, 0.25) is 0 Å². The zero-order chi connectivity index (χ0) is 14.1. The molecule has 2 aromatic heterocycles. The average Bonchev–Trinajstić information content (AvgIpc) is 3.17. The highest BCUT2D eigenvalue weighted by Crippen LogP contribution is 2.38. The average molecular weight is 294 g/mol. The molecular formula is C15H20ClN3O. The highest BCUT2D eigenvalue weighted by atomic mass is 35.5. The first-order valence-corrected chi connectivity index (χ1v) is 7.74. The maximum absolute atomic E-state index is 5.92. The van der Waals surface area contributed by atoms with Crippen molar-refractivity contribution in [1.82, 2.24) is 14.5 Å². The summed E-state index contributed by atoms with van der Waals surface area (Å²) in [6, 6.07) is 4.24. The number of halogens is 1. The van der Waals surface area contributed by atoms with Crippen molar-refractivity contribution in [3.8, 4) is 5.88 Å². The van der Waals surface area contributed by atoms with E-state index in [4.69, 9.17) is 16.3 Å². The van der Waals surface area contributed by atoms with Gasteiger partial charge in [0, 0.05) is 24.4 Å². The number of hydrogen-bond donors (Lipinski definition) is 0. The van der Waals surface area contributed by atoms with E-state index in [0.29, 0.717) is 17.8 Å². The molecule has 0 amide bonds. The highest BCUT2D eigenvalue weighted by Gasteiger charge is 2.26. The fraction of sp³-hybridized carbons (Fsp3) is 0.600. The van der Waals surface area contributed by atoms with Gasteiger partial charge in [-0.05, 0) is 25.3 Å². The summed E-state index contributed by atoms with van der Waals surface area (Å²) in [7, 11) is 1.64. The smallest absolute Gasteiger partial charge is 0.215 e. The maximum Gasteiger partial charge on any atom is 0.215 e. The van der Waals surface area contributed by atoms with Gasteiger partial charge in [0.2, 0.25) is 5.88 Å². The van der Waals surface area contributed by atoms with E-state index in [0.717, 1.165) is 29.3 Å². The molecule has 1 fully saturated rings. The number of aromatic nitrogens is 3. The Bertz CT molecular complexity index is 606. The van der Waals surface area contributed by atoms with Crippen molar-refractivity contribution < 1.29 is 4.74 Å². The van der Waals surface area contributed by atoms with Crippen LogP contribution < -0.4 is 4.74 Å². The summed E-state index contributed by atoms with van der Waals surface area (Å²) >= 11 is 5.92. The van der Waals surface area contributed by atoms with Crippen molar-refractivity contribution in [3.63, 3.8) is 0 Å². The number of rotatable bonds is 6. The largest absolute Gasteiger partial charge is 0.481 e. The van der Waals surface area contributed by atoms with Crippen LogP contribution in [-0.2, 0) is 6.42 Å². The summed E-state index contributed by atoms with van der Waals surface area (Å²) in [5, 5.41) is 0. The summed E-state index contributed by atoms with van der Waals surface area (Å²) in [6.07, 6.45) is 4.69. The molecule has 0 N–H and O–H groups in total.